The van der Waals surface area contributed by atoms with Crippen molar-refractivity contribution in [2.75, 3.05) is 13.7 Å². The molecule has 5 heteroatoms. The Morgan fingerprint density at radius 2 is 2.10 bits per heavy atom. The van der Waals surface area contributed by atoms with E-state index < -0.39 is 5.97 Å². The van der Waals surface area contributed by atoms with Gasteiger partial charge in [-0.25, -0.2) is 4.79 Å². The first kappa shape index (κ1) is 15.9. The largest absolute Gasteiger partial charge is 0.477 e. The van der Waals surface area contributed by atoms with E-state index in [1.165, 1.54) is 11.3 Å². The predicted octanol–water partition coefficient (Wildman–Crippen LogP) is 3.36. The molecule has 114 valence electrons. The van der Waals surface area contributed by atoms with Gasteiger partial charge in [0, 0.05) is 24.4 Å². The van der Waals surface area contributed by atoms with Gasteiger partial charge in [-0.05, 0) is 22.9 Å². The fraction of sp³-hybridized carbons (Fsp3) is 0.438. The third-order valence-electron chi connectivity index (χ3n) is 3.58. The molecule has 1 unspecified atom stereocenters. The highest BCUT2D eigenvalue weighted by atomic mass is 32.1. The molecule has 0 aliphatic rings. The minimum absolute atomic E-state index is 0.204. The van der Waals surface area contributed by atoms with Gasteiger partial charge < -0.3 is 15.2 Å². The molecule has 0 saturated carbocycles. The molecule has 4 nitrogen and oxygen atoms in total. The molecule has 2 rings (SSSR count). The van der Waals surface area contributed by atoms with Crippen molar-refractivity contribution in [1.29, 1.82) is 0 Å². The third-order valence-corrected chi connectivity index (χ3v) is 4.79. The van der Waals surface area contributed by atoms with Gasteiger partial charge in [-0.1, -0.05) is 32.0 Å². The van der Waals surface area contributed by atoms with Crippen LogP contribution in [0.4, 0.5) is 0 Å². The Labute approximate surface area is 128 Å². The quantitative estimate of drug-likeness (QED) is 0.823. The van der Waals surface area contributed by atoms with Crippen molar-refractivity contribution in [3.05, 3.63) is 34.7 Å². The Morgan fingerprint density at radius 1 is 1.38 bits per heavy atom. The number of aromatic carboxylic acids is 1. The Balaban J connectivity index is 2.28. The number of methoxy groups -OCH3 is 1. The summed E-state index contributed by atoms with van der Waals surface area (Å²) in [5, 5.41) is 13.9. The number of rotatable bonds is 7. The van der Waals surface area contributed by atoms with Gasteiger partial charge >= 0.3 is 5.97 Å². The average molecular weight is 307 g/mol. The van der Waals surface area contributed by atoms with E-state index in [4.69, 9.17) is 4.74 Å². The SMILES string of the molecule is COCC(NCc1c(C(=O)O)sc2ccccc12)C(C)C. The molecule has 1 heterocycles. The number of thiophene rings is 1. The van der Waals surface area contributed by atoms with E-state index >= 15 is 0 Å². The Morgan fingerprint density at radius 3 is 2.71 bits per heavy atom. The molecule has 1 atom stereocenters. The first-order chi connectivity index (χ1) is 10.0. The number of carbonyl (C=O) groups is 1. The van der Waals surface area contributed by atoms with Crippen molar-refractivity contribution < 1.29 is 14.6 Å². The molecular formula is C16H21NO3S. The lowest BCUT2D eigenvalue weighted by atomic mass is 10.0. The summed E-state index contributed by atoms with van der Waals surface area (Å²) < 4.78 is 6.24. The molecule has 2 aromatic rings. The molecule has 0 fully saturated rings. The second-order valence-electron chi connectivity index (χ2n) is 5.40. The fourth-order valence-electron chi connectivity index (χ4n) is 2.35. The van der Waals surface area contributed by atoms with Crippen LogP contribution in [-0.4, -0.2) is 30.8 Å². The lowest BCUT2D eigenvalue weighted by Crippen LogP contribution is -2.37. The van der Waals surface area contributed by atoms with Crippen LogP contribution in [0.15, 0.2) is 24.3 Å². The number of hydrogen-bond donors (Lipinski definition) is 2. The van der Waals surface area contributed by atoms with Crippen LogP contribution in [0.25, 0.3) is 10.1 Å². The maximum Gasteiger partial charge on any atom is 0.346 e. The van der Waals surface area contributed by atoms with Crippen LogP contribution in [-0.2, 0) is 11.3 Å². The van der Waals surface area contributed by atoms with E-state index in [0.717, 1.165) is 15.6 Å². The second-order valence-corrected chi connectivity index (χ2v) is 6.45. The van der Waals surface area contributed by atoms with Gasteiger partial charge in [0.1, 0.15) is 4.88 Å². The molecule has 21 heavy (non-hydrogen) atoms. The van der Waals surface area contributed by atoms with Crippen LogP contribution in [0.2, 0.25) is 0 Å². The van der Waals surface area contributed by atoms with Crippen LogP contribution < -0.4 is 5.32 Å². The normalized spacial score (nSPS) is 13.0. The molecule has 1 aromatic carbocycles. The van der Waals surface area contributed by atoms with Crippen molar-refractivity contribution in [1.82, 2.24) is 5.32 Å². The van der Waals surface area contributed by atoms with Crippen LogP contribution in [0.1, 0.15) is 29.1 Å². The number of carboxylic acids is 1. The summed E-state index contributed by atoms with van der Waals surface area (Å²) in [6, 6.07) is 8.03. The lowest BCUT2D eigenvalue weighted by molar-refractivity contribution is 0.0701. The predicted molar refractivity (Wildman–Crippen MR) is 86.1 cm³/mol. The molecule has 0 bridgehead atoms. The lowest BCUT2D eigenvalue weighted by Gasteiger charge is -2.21. The zero-order valence-corrected chi connectivity index (χ0v) is 13.4. The summed E-state index contributed by atoms with van der Waals surface area (Å²) in [5.41, 5.74) is 0.866. The van der Waals surface area contributed by atoms with Gasteiger partial charge in [-0.2, -0.15) is 0 Å². The number of fused-ring (bicyclic) bond motifs is 1. The van der Waals surface area contributed by atoms with Gasteiger partial charge in [0.05, 0.1) is 6.61 Å². The van der Waals surface area contributed by atoms with Gasteiger partial charge in [-0.15, -0.1) is 11.3 Å². The van der Waals surface area contributed by atoms with E-state index in [2.05, 4.69) is 19.2 Å². The molecular weight excluding hydrogens is 286 g/mol. The van der Waals surface area contributed by atoms with E-state index in [0.29, 0.717) is 23.9 Å². The zero-order chi connectivity index (χ0) is 15.4. The van der Waals surface area contributed by atoms with Gasteiger partial charge in [0.25, 0.3) is 0 Å². The van der Waals surface area contributed by atoms with Crippen LogP contribution in [0.3, 0.4) is 0 Å². The highest BCUT2D eigenvalue weighted by molar-refractivity contribution is 7.21. The van der Waals surface area contributed by atoms with Crippen molar-refractivity contribution >= 4 is 27.4 Å². The minimum atomic E-state index is -0.860. The first-order valence-electron chi connectivity index (χ1n) is 7.00. The molecule has 0 aliphatic heterocycles. The topological polar surface area (TPSA) is 58.6 Å². The van der Waals surface area contributed by atoms with Gasteiger partial charge in [0.2, 0.25) is 0 Å². The Bertz CT molecular complexity index is 621. The summed E-state index contributed by atoms with van der Waals surface area (Å²) in [6.45, 7) is 5.40. The van der Waals surface area contributed by atoms with E-state index in [9.17, 15) is 9.90 Å². The maximum absolute atomic E-state index is 11.5. The summed E-state index contributed by atoms with van der Waals surface area (Å²) in [6.07, 6.45) is 0. The smallest absolute Gasteiger partial charge is 0.346 e. The third kappa shape index (κ3) is 3.61. The minimum Gasteiger partial charge on any atom is -0.477 e. The fourth-order valence-corrected chi connectivity index (χ4v) is 3.41. The Hall–Kier alpha value is -1.43. The first-order valence-corrected chi connectivity index (χ1v) is 7.82. The number of ether oxygens (including phenoxy) is 1. The summed E-state index contributed by atoms with van der Waals surface area (Å²) in [7, 11) is 1.68. The molecule has 0 saturated heterocycles. The average Bonchev–Trinajstić information content (AvgIpc) is 2.82. The monoisotopic (exact) mass is 307 g/mol. The molecule has 0 spiro atoms. The highest BCUT2D eigenvalue weighted by Gasteiger charge is 2.19. The number of hydrogen-bond acceptors (Lipinski definition) is 4. The zero-order valence-electron chi connectivity index (χ0n) is 12.6. The number of carboxylic acid groups (broad SMARTS) is 1. The van der Waals surface area contributed by atoms with Crippen LogP contribution in [0, 0.1) is 5.92 Å². The van der Waals surface area contributed by atoms with Crippen molar-refractivity contribution in [3.63, 3.8) is 0 Å². The molecule has 0 radical (unpaired) electrons. The molecule has 2 N–H and O–H groups in total. The number of benzene rings is 1. The van der Waals surface area contributed by atoms with Gasteiger partial charge in [-0.3, -0.25) is 0 Å². The van der Waals surface area contributed by atoms with Crippen molar-refractivity contribution in [2.45, 2.75) is 26.4 Å². The van der Waals surface area contributed by atoms with Crippen LogP contribution in [0.5, 0.6) is 0 Å². The molecule has 0 amide bonds. The summed E-state index contributed by atoms with van der Waals surface area (Å²) in [5.74, 6) is -0.441. The molecule has 1 aromatic heterocycles. The van der Waals surface area contributed by atoms with E-state index in [1.807, 2.05) is 24.3 Å². The number of nitrogens with one attached hydrogen (secondary N) is 1. The second kappa shape index (κ2) is 7.02. The van der Waals surface area contributed by atoms with Crippen LogP contribution >= 0.6 is 11.3 Å². The summed E-state index contributed by atoms with van der Waals surface area (Å²) >= 11 is 1.33. The standard InChI is InChI=1S/C16H21NO3S/c1-10(2)13(9-20-3)17-8-12-11-6-4-5-7-14(11)21-15(12)16(18)19/h4-7,10,13,17H,8-9H2,1-3H3,(H,18,19). The molecule has 0 aliphatic carbocycles. The Kier molecular flexibility index (Phi) is 5.33. The van der Waals surface area contributed by atoms with Crippen molar-refractivity contribution in [3.8, 4) is 0 Å². The van der Waals surface area contributed by atoms with E-state index in [1.54, 1.807) is 7.11 Å². The van der Waals surface area contributed by atoms with E-state index in [-0.39, 0.29) is 6.04 Å². The highest BCUT2D eigenvalue weighted by Crippen LogP contribution is 2.31. The summed E-state index contributed by atoms with van der Waals surface area (Å²) in [4.78, 5) is 11.9. The van der Waals surface area contributed by atoms with Gasteiger partial charge in [0.15, 0.2) is 0 Å². The van der Waals surface area contributed by atoms with Crippen molar-refractivity contribution in [2.24, 2.45) is 5.92 Å². The maximum atomic E-state index is 11.5.